The van der Waals surface area contributed by atoms with Crippen LogP contribution in [0.25, 0.3) is 11.3 Å². The summed E-state index contributed by atoms with van der Waals surface area (Å²) in [6, 6.07) is 5.46. The number of aliphatic hydroxyl groups excluding tert-OH is 1. The Labute approximate surface area is 206 Å². The van der Waals surface area contributed by atoms with Crippen LogP contribution in [0.5, 0.6) is 0 Å². The molecule has 0 radical (unpaired) electrons. The Balaban J connectivity index is 1.43. The third-order valence-electron chi connectivity index (χ3n) is 8.34. The molecule has 3 heterocycles. The predicted molar refractivity (Wildman–Crippen MR) is 124 cm³/mol. The molecule has 3 aromatic rings. The van der Waals surface area contributed by atoms with Crippen molar-refractivity contribution in [3.63, 3.8) is 0 Å². The van der Waals surface area contributed by atoms with Gasteiger partial charge in [0.1, 0.15) is 22.9 Å². The molecule has 1 saturated carbocycles. The standard InChI is InChI=1S/C26H25F2N5O3/c1-24(2)15-6-7-26(24,20-10-29-9-19(30-20)23(35)31-25(11-34)12-36-13-25)22-14(15)8-18(32-33-22)21-16(27)4-3-5-17(21)28/h3-5,8-10,15,34H,6-7,11-13H2,1-2H3,(H,31,35)/t15-,26-/m0/s1. The lowest BCUT2D eigenvalue weighted by molar-refractivity contribution is -0.0920. The number of hydrogen-bond donors (Lipinski definition) is 2. The number of aromatic nitrogens is 4. The molecule has 10 heteroatoms. The highest BCUT2D eigenvalue weighted by molar-refractivity contribution is 5.92. The van der Waals surface area contributed by atoms with Crippen LogP contribution in [-0.2, 0) is 10.2 Å². The van der Waals surface area contributed by atoms with E-state index >= 15 is 0 Å². The molecule has 2 aliphatic carbocycles. The van der Waals surface area contributed by atoms with Gasteiger partial charge in [-0.1, -0.05) is 19.9 Å². The summed E-state index contributed by atoms with van der Waals surface area (Å²) in [6.45, 7) is 4.47. The molecule has 1 saturated heterocycles. The van der Waals surface area contributed by atoms with Crippen molar-refractivity contribution in [3.05, 3.63) is 70.9 Å². The summed E-state index contributed by atoms with van der Waals surface area (Å²) in [4.78, 5) is 22.0. The number of ether oxygens (including phenoxy) is 1. The van der Waals surface area contributed by atoms with Crippen LogP contribution in [-0.4, -0.2) is 56.5 Å². The molecule has 1 amide bonds. The Morgan fingerprint density at radius 2 is 1.94 bits per heavy atom. The Hall–Kier alpha value is -3.37. The highest BCUT2D eigenvalue weighted by atomic mass is 19.1. The Bertz CT molecular complexity index is 1370. The first-order valence-corrected chi connectivity index (χ1v) is 11.9. The van der Waals surface area contributed by atoms with Gasteiger partial charge in [0.05, 0.1) is 54.1 Å². The van der Waals surface area contributed by atoms with Crippen LogP contribution in [0.4, 0.5) is 8.78 Å². The van der Waals surface area contributed by atoms with Gasteiger partial charge in [0, 0.05) is 6.20 Å². The Morgan fingerprint density at radius 1 is 1.19 bits per heavy atom. The number of aliphatic hydroxyl groups is 1. The number of hydrogen-bond acceptors (Lipinski definition) is 7. The second-order valence-corrected chi connectivity index (χ2v) is 10.5. The van der Waals surface area contributed by atoms with Crippen LogP contribution < -0.4 is 5.32 Å². The molecule has 186 valence electrons. The maximum Gasteiger partial charge on any atom is 0.272 e. The topological polar surface area (TPSA) is 110 Å². The summed E-state index contributed by atoms with van der Waals surface area (Å²) in [5, 5.41) is 21.2. The summed E-state index contributed by atoms with van der Waals surface area (Å²) < 4.78 is 34.1. The normalized spacial score (nSPS) is 24.8. The fourth-order valence-electron chi connectivity index (χ4n) is 6.29. The van der Waals surface area contributed by atoms with Gasteiger partial charge in [0.2, 0.25) is 0 Å². The Kier molecular flexibility index (Phi) is 5.00. The van der Waals surface area contributed by atoms with Crippen LogP contribution in [0, 0.1) is 17.0 Å². The van der Waals surface area contributed by atoms with Crippen molar-refractivity contribution in [2.45, 2.75) is 43.6 Å². The van der Waals surface area contributed by atoms with E-state index < -0.39 is 28.5 Å². The van der Waals surface area contributed by atoms with Crippen LogP contribution in [0.1, 0.15) is 60.0 Å². The van der Waals surface area contributed by atoms with E-state index in [1.165, 1.54) is 24.4 Å². The molecule has 2 fully saturated rings. The zero-order chi connectivity index (χ0) is 25.3. The minimum Gasteiger partial charge on any atom is -0.394 e. The highest BCUT2D eigenvalue weighted by Crippen LogP contribution is 2.69. The smallest absolute Gasteiger partial charge is 0.272 e. The molecule has 2 atom stereocenters. The van der Waals surface area contributed by atoms with E-state index in [2.05, 4.69) is 34.3 Å². The second-order valence-electron chi connectivity index (χ2n) is 10.5. The highest BCUT2D eigenvalue weighted by Gasteiger charge is 2.65. The zero-order valence-corrected chi connectivity index (χ0v) is 19.9. The van der Waals surface area contributed by atoms with Crippen molar-refractivity contribution in [3.8, 4) is 11.3 Å². The molecule has 0 unspecified atom stereocenters. The van der Waals surface area contributed by atoms with Crippen molar-refractivity contribution >= 4 is 5.91 Å². The molecule has 8 nitrogen and oxygen atoms in total. The van der Waals surface area contributed by atoms with Crippen LogP contribution in [0.15, 0.2) is 36.7 Å². The van der Waals surface area contributed by atoms with Crippen molar-refractivity contribution < 1.29 is 23.4 Å². The van der Waals surface area contributed by atoms with Crippen molar-refractivity contribution in [2.24, 2.45) is 5.41 Å². The lowest BCUT2D eigenvalue weighted by Crippen LogP contribution is -2.64. The minimum absolute atomic E-state index is 0.0700. The number of nitrogens with one attached hydrogen (secondary N) is 1. The van der Waals surface area contributed by atoms with Gasteiger partial charge in [0.25, 0.3) is 5.91 Å². The minimum atomic E-state index is -0.811. The Morgan fingerprint density at radius 3 is 2.61 bits per heavy atom. The molecule has 1 aliphatic heterocycles. The average Bonchev–Trinajstić information content (AvgIpc) is 3.22. The van der Waals surface area contributed by atoms with E-state index in [1.54, 1.807) is 12.3 Å². The molecule has 2 aromatic heterocycles. The molecule has 36 heavy (non-hydrogen) atoms. The summed E-state index contributed by atoms with van der Waals surface area (Å²) >= 11 is 0. The maximum atomic E-state index is 14.5. The van der Waals surface area contributed by atoms with E-state index in [4.69, 9.17) is 9.72 Å². The molecule has 6 rings (SSSR count). The molecule has 3 aliphatic rings. The summed E-state index contributed by atoms with van der Waals surface area (Å²) in [5.41, 5.74) is 0.456. The van der Waals surface area contributed by atoms with Gasteiger partial charge in [0.15, 0.2) is 0 Å². The molecule has 0 spiro atoms. The van der Waals surface area contributed by atoms with Crippen molar-refractivity contribution in [2.75, 3.05) is 19.8 Å². The van der Waals surface area contributed by atoms with Gasteiger partial charge in [-0.3, -0.25) is 9.78 Å². The first kappa shape index (κ1) is 23.1. The monoisotopic (exact) mass is 493 g/mol. The van der Waals surface area contributed by atoms with E-state index in [0.717, 1.165) is 18.4 Å². The van der Waals surface area contributed by atoms with Gasteiger partial charge < -0.3 is 15.2 Å². The quantitative estimate of drug-likeness (QED) is 0.562. The molecule has 2 N–H and O–H groups in total. The number of benzene rings is 1. The number of fused-ring (bicyclic) bond motifs is 5. The number of nitrogens with zero attached hydrogens (tertiary/aromatic N) is 4. The summed E-state index contributed by atoms with van der Waals surface area (Å²) in [6.07, 6.45) is 4.60. The summed E-state index contributed by atoms with van der Waals surface area (Å²) in [5.74, 6) is -1.76. The van der Waals surface area contributed by atoms with E-state index in [1.807, 2.05) is 0 Å². The third-order valence-corrected chi connectivity index (χ3v) is 8.34. The van der Waals surface area contributed by atoms with Crippen LogP contribution in [0.2, 0.25) is 0 Å². The lowest BCUT2D eigenvalue weighted by atomic mass is 9.66. The zero-order valence-electron chi connectivity index (χ0n) is 19.9. The fraction of sp³-hybridized carbons (Fsp3) is 0.423. The van der Waals surface area contributed by atoms with E-state index in [0.29, 0.717) is 11.4 Å². The number of rotatable bonds is 5. The van der Waals surface area contributed by atoms with E-state index in [9.17, 15) is 18.7 Å². The van der Waals surface area contributed by atoms with Gasteiger partial charge in [-0.05, 0) is 47.9 Å². The van der Waals surface area contributed by atoms with Crippen LogP contribution in [0.3, 0.4) is 0 Å². The molecule has 1 aromatic carbocycles. The van der Waals surface area contributed by atoms with Gasteiger partial charge in [-0.25, -0.2) is 13.8 Å². The molecular weight excluding hydrogens is 468 g/mol. The number of halogens is 2. The number of carbonyl (C=O) groups is 1. The van der Waals surface area contributed by atoms with E-state index in [-0.39, 0.29) is 48.1 Å². The lowest BCUT2D eigenvalue weighted by Gasteiger charge is -2.40. The molecule has 2 bridgehead atoms. The van der Waals surface area contributed by atoms with Gasteiger partial charge >= 0.3 is 0 Å². The second kappa shape index (κ2) is 7.81. The third kappa shape index (κ3) is 3.00. The number of carbonyl (C=O) groups excluding carboxylic acids is 1. The van der Waals surface area contributed by atoms with Gasteiger partial charge in [-0.2, -0.15) is 5.10 Å². The van der Waals surface area contributed by atoms with Crippen molar-refractivity contribution in [1.29, 1.82) is 0 Å². The first-order valence-electron chi connectivity index (χ1n) is 11.9. The largest absolute Gasteiger partial charge is 0.394 e. The van der Waals surface area contributed by atoms with Crippen LogP contribution >= 0.6 is 0 Å². The predicted octanol–water partition coefficient (Wildman–Crippen LogP) is 2.91. The SMILES string of the molecule is CC1(C)[C@H]2CC[C@]1(c1cncc(C(=O)NC3(CO)COC3)n1)c1nnc(-c3c(F)cccc3F)cc12. The van der Waals surface area contributed by atoms with Gasteiger partial charge in [-0.15, -0.1) is 5.10 Å². The maximum absolute atomic E-state index is 14.5. The van der Waals surface area contributed by atoms with Crippen molar-refractivity contribution in [1.82, 2.24) is 25.5 Å². The average molecular weight is 494 g/mol. The molecular formula is C26H25F2N5O3. The number of amides is 1. The first-order chi connectivity index (χ1) is 17.2. The fourth-order valence-corrected chi connectivity index (χ4v) is 6.29. The summed E-state index contributed by atoms with van der Waals surface area (Å²) in [7, 11) is 0.